The number of ether oxygens (including phenoxy) is 1. The maximum atomic E-state index is 11.1. The summed E-state index contributed by atoms with van der Waals surface area (Å²) in [5.74, 6) is -1.33. The zero-order valence-electron chi connectivity index (χ0n) is 8.20. The minimum Gasteiger partial charge on any atom is -0.481 e. The van der Waals surface area contributed by atoms with Gasteiger partial charge in [0.15, 0.2) is 0 Å². The van der Waals surface area contributed by atoms with Crippen molar-refractivity contribution in [3.8, 4) is 0 Å². The normalized spacial score (nSPS) is 17.7. The first-order valence-corrected chi connectivity index (χ1v) is 5.10. The van der Waals surface area contributed by atoms with Gasteiger partial charge in [0.05, 0.1) is 12.8 Å². The van der Waals surface area contributed by atoms with Crippen LogP contribution in [0.4, 0.5) is 0 Å². The molecule has 0 aromatic rings. The van der Waals surface area contributed by atoms with Crippen molar-refractivity contribution in [3.63, 3.8) is 0 Å². The van der Waals surface area contributed by atoms with Gasteiger partial charge in [0.2, 0.25) is 0 Å². The average molecular weight is 200 g/mol. The third kappa shape index (κ3) is 4.25. The zero-order chi connectivity index (χ0) is 10.4. The van der Waals surface area contributed by atoms with Gasteiger partial charge in [-0.2, -0.15) is 0 Å². The van der Waals surface area contributed by atoms with Gasteiger partial charge in [0.25, 0.3) is 0 Å². The number of carboxylic acids is 1. The standard InChI is InChI=1S/C10H16O4/c11-9(12)6-7-10(13)14-8-4-2-1-3-5-8/h8H,1-7H2,(H,11,12). The summed E-state index contributed by atoms with van der Waals surface area (Å²) in [6.07, 6.45) is 5.18. The largest absolute Gasteiger partial charge is 0.481 e. The van der Waals surface area contributed by atoms with Gasteiger partial charge in [-0.25, -0.2) is 0 Å². The average Bonchev–Trinajstić information content (AvgIpc) is 2.16. The molecule has 0 atom stereocenters. The highest BCUT2D eigenvalue weighted by Gasteiger charge is 2.17. The molecule has 0 heterocycles. The topological polar surface area (TPSA) is 63.6 Å². The molecular weight excluding hydrogens is 184 g/mol. The molecule has 1 aliphatic carbocycles. The van der Waals surface area contributed by atoms with Crippen LogP contribution in [-0.4, -0.2) is 23.1 Å². The number of carboxylic acid groups (broad SMARTS) is 1. The molecule has 1 N–H and O–H groups in total. The molecule has 0 spiro atoms. The van der Waals surface area contributed by atoms with Crippen LogP contribution in [0, 0.1) is 0 Å². The first-order valence-electron chi connectivity index (χ1n) is 5.10. The lowest BCUT2D eigenvalue weighted by molar-refractivity contribution is -0.153. The minimum atomic E-state index is -0.953. The van der Waals surface area contributed by atoms with Gasteiger partial charge in [-0.05, 0) is 25.7 Å². The zero-order valence-corrected chi connectivity index (χ0v) is 8.20. The van der Waals surface area contributed by atoms with Gasteiger partial charge in [-0.1, -0.05) is 6.42 Å². The monoisotopic (exact) mass is 200 g/mol. The second-order valence-corrected chi connectivity index (χ2v) is 3.64. The summed E-state index contributed by atoms with van der Waals surface area (Å²) in [5.41, 5.74) is 0. The Morgan fingerprint density at radius 3 is 2.36 bits per heavy atom. The van der Waals surface area contributed by atoms with Crippen LogP contribution >= 0.6 is 0 Å². The molecule has 0 saturated heterocycles. The summed E-state index contributed by atoms with van der Waals surface area (Å²) in [7, 11) is 0. The van der Waals surface area contributed by atoms with Crippen molar-refractivity contribution in [1.29, 1.82) is 0 Å². The quantitative estimate of drug-likeness (QED) is 0.702. The molecular formula is C10H16O4. The predicted octanol–water partition coefficient (Wildman–Crippen LogP) is 1.73. The first-order chi connectivity index (χ1) is 6.68. The molecule has 1 aliphatic rings. The first kappa shape index (κ1) is 11.0. The van der Waals surface area contributed by atoms with Crippen LogP contribution in [0.25, 0.3) is 0 Å². The number of rotatable bonds is 4. The Hall–Kier alpha value is -1.06. The lowest BCUT2D eigenvalue weighted by Gasteiger charge is -2.21. The van der Waals surface area contributed by atoms with E-state index >= 15 is 0 Å². The van der Waals surface area contributed by atoms with E-state index < -0.39 is 5.97 Å². The molecule has 0 aromatic carbocycles. The van der Waals surface area contributed by atoms with Crippen molar-refractivity contribution in [2.45, 2.75) is 51.0 Å². The maximum absolute atomic E-state index is 11.1. The number of hydrogen-bond acceptors (Lipinski definition) is 3. The summed E-state index contributed by atoms with van der Waals surface area (Å²) < 4.78 is 5.14. The van der Waals surface area contributed by atoms with E-state index in [2.05, 4.69) is 0 Å². The highest BCUT2D eigenvalue weighted by molar-refractivity contribution is 5.76. The van der Waals surface area contributed by atoms with Crippen molar-refractivity contribution in [2.24, 2.45) is 0 Å². The fourth-order valence-electron chi connectivity index (χ4n) is 1.64. The van der Waals surface area contributed by atoms with E-state index in [0.29, 0.717) is 0 Å². The molecule has 14 heavy (non-hydrogen) atoms. The van der Waals surface area contributed by atoms with Crippen molar-refractivity contribution in [2.75, 3.05) is 0 Å². The smallest absolute Gasteiger partial charge is 0.306 e. The number of hydrogen-bond donors (Lipinski definition) is 1. The molecule has 1 saturated carbocycles. The van der Waals surface area contributed by atoms with E-state index in [0.717, 1.165) is 25.7 Å². The van der Waals surface area contributed by atoms with Gasteiger partial charge < -0.3 is 9.84 Å². The van der Waals surface area contributed by atoms with E-state index in [1.54, 1.807) is 0 Å². The Morgan fingerprint density at radius 1 is 1.14 bits per heavy atom. The SMILES string of the molecule is O=C(O)CCC(=O)OC1CCCCC1. The number of carbonyl (C=O) groups excluding carboxylic acids is 1. The number of aliphatic carboxylic acids is 1. The van der Waals surface area contributed by atoms with Crippen molar-refractivity contribution >= 4 is 11.9 Å². The van der Waals surface area contributed by atoms with Crippen LogP contribution in [0.5, 0.6) is 0 Å². The van der Waals surface area contributed by atoms with Gasteiger partial charge in [0, 0.05) is 0 Å². The summed E-state index contributed by atoms with van der Waals surface area (Å²) in [6.45, 7) is 0. The third-order valence-corrected chi connectivity index (χ3v) is 2.39. The molecule has 0 unspecified atom stereocenters. The molecule has 1 rings (SSSR count). The van der Waals surface area contributed by atoms with Crippen molar-refractivity contribution < 1.29 is 19.4 Å². The molecule has 80 valence electrons. The Morgan fingerprint density at radius 2 is 1.79 bits per heavy atom. The highest BCUT2D eigenvalue weighted by Crippen LogP contribution is 2.20. The summed E-state index contributed by atoms with van der Waals surface area (Å²) in [6, 6.07) is 0. The number of carbonyl (C=O) groups is 2. The van der Waals surface area contributed by atoms with E-state index in [1.165, 1.54) is 6.42 Å². The number of esters is 1. The Balaban J connectivity index is 2.15. The molecule has 1 fully saturated rings. The Bertz CT molecular complexity index is 206. The Labute approximate surface area is 83.2 Å². The molecule has 0 aromatic heterocycles. The lowest BCUT2D eigenvalue weighted by Crippen LogP contribution is -2.21. The summed E-state index contributed by atoms with van der Waals surface area (Å²) in [4.78, 5) is 21.3. The fourth-order valence-corrected chi connectivity index (χ4v) is 1.64. The van der Waals surface area contributed by atoms with E-state index in [1.807, 2.05) is 0 Å². The van der Waals surface area contributed by atoms with Crippen molar-refractivity contribution in [3.05, 3.63) is 0 Å². The molecule has 0 aliphatic heterocycles. The Kier molecular flexibility index (Phi) is 4.43. The van der Waals surface area contributed by atoms with E-state index in [4.69, 9.17) is 9.84 Å². The second kappa shape index (κ2) is 5.62. The maximum Gasteiger partial charge on any atom is 0.306 e. The van der Waals surface area contributed by atoms with Crippen LogP contribution < -0.4 is 0 Å². The minimum absolute atomic E-state index is 0.00810. The summed E-state index contributed by atoms with van der Waals surface area (Å²) in [5, 5.41) is 8.36. The van der Waals surface area contributed by atoms with Crippen LogP contribution in [0.1, 0.15) is 44.9 Å². The van der Waals surface area contributed by atoms with Gasteiger partial charge >= 0.3 is 11.9 Å². The third-order valence-electron chi connectivity index (χ3n) is 2.39. The molecule has 4 nitrogen and oxygen atoms in total. The fraction of sp³-hybridized carbons (Fsp3) is 0.800. The lowest BCUT2D eigenvalue weighted by atomic mass is 9.98. The molecule has 4 heteroatoms. The predicted molar refractivity (Wildman–Crippen MR) is 49.8 cm³/mol. The molecule has 0 amide bonds. The van der Waals surface area contributed by atoms with Crippen LogP contribution in [0.15, 0.2) is 0 Å². The highest BCUT2D eigenvalue weighted by atomic mass is 16.5. The van der Waals surface area contributed by atoms with Crippen LogP contribution in [-0.2, 0) is 14.3 Å². The second-order valence-electron chi connectivity index (χ2n) is 3.64. The van der Waals surface area contributed by atoms with Crippen LogP contribution in [0.3, 0.4) is 0 Å². The van der Waals surface area contributed by atoms with Gasteiger partial charge in [-0.3, -0.25) is 9.59 Å². The molecule has 0 radical (unpaired) electrons. The molecule has 0 bridgehead atoms. The van der Waals surface area contributed by atoms with Gasteiger partial charge in [-0.15, -0.1) is 0 Å². The van der Waals surface area contributed by atoms with E-state index in [9.17, 15) is 9.59 Å². The van der Waals surface area contributed by atoms with Gasteiger partial charge in [0.1, 0.15) is 6.10 Å². The van der Waals surface area contributed by atoms with Crippen molar-refractivity contribution in [1.82, 2.24) is 0 Å². The summed E-state index contributed by atoms with van der Waals surface area (Å²) >= 11 is 0. The van der Waals surface area contributed by atoms with E-state index in [-0.39, 0.29) is 24.9 Å². The van der Waals surface area contributed by atoms with Crippen LogP contribution in [0.2, 0.25) is 0 Å².